The summed E-state index contributed by atoms with van der Waals surface area (Å²) in [7, 11) is 1.72. The zero-order valence-electron chi connectivity index (χ0n) is 19.4. The van der Waals surface area contributed by atoms with Crippen LogP contribution in [0, 0.1) is 12.7 Å². The maximum Gasteiger partial charge on any atom is 0.257 e. The molecule has 2 aromatic heterocycles. The Labute approximate surface area is 205 Å². The van der Waals surface area contributed by atoms with Crippen molar-refractivity contribution in [3.63, 3.8) is 0 Å². The molecule has 0 saturated heterocycles. The average Bonchev–Trinajstić information content (AvgIpc) is 3.54. The Balaban J connectivity index is 1.30. The molecule has 180 valence electrons. The third-order valence-corrected chi connectivity index (χ3v) is 5.17. The molecular weight excluding hydrogens is 465 g/mol. The lowest BCUT2D eigenvalue weighted by Gasteiger charge is -2.10. The molecule has 3 aromatic carbocycles. The van der Waals surface area contributed by atoms with E-state index in [1.807, 2.05) is 43.3 Å². The lowest BCUT2D eigenvalue weighted by atomic mass is 10.1. The number of nitrogens with zero attached hydrogens (tertiary/aromatic N) is 7. The first-order valence-electron chi connectivity index (χ1n) is 10.9. The smallest absolute Gasteiger partial charge is 0.257 e. The molecule has 10 nitrogen and oxygen atoms in total. The Bertz CT molecular complexity index is 1520. The van der Waals surface area contributed by atoms with Crippen LogP contribution in [0.5, 0.6) is 11.5 Å². The van der Waals surface area contributed by atoms with Gasteiger partial charge in [-0.05, 0) is 53.2 Å². The van der Waals surface area contributed by atoms with Crippen LogP contribution in [0.4, 0.5) is 4.39 Å². The van der Waals surface area contributed by atoms with Crippen LogP contribution in [0.25, 0.3) is 11.5 Å². The highest BCUT2D eigenvalue weighted by atomic mass is 19.1. The Morgan fingerprint density at radius 2 is 1.78 bits per heavy atom. The van der Waals surface area contributed by atoms with Crippen molar-refractivity contribution >= 4 is 5.71 Å². The summed E-state index contributed by atoms with van der Waals surface area (Å²) >= 11 is 0. The summed E-state index contributed by atoms with van der Waals surface area (Å²) in [6, 6.07) is 21.0. The van der Waals surface area contributed by atoms with Gasteiger partial charge in [-0.1, -0.05) is 47.6 Å². The first-order valence-corrected chi connectivity index (χ1v) is 10.9. The van der Waals surface area contributed by atoms with E-state index >= 15 is 0 Å². The Kier molecular flexibility index (Phi) is 6.43. The number of para-hydroxylation sites is 1. The molecule has 5 rings (SSSR count). The molecule has 0 N–H and O–H groups in total. The highest BCUT2D eigenvalue weighted by Gasteiger charge is 2.16. The van der Waals surface area contributed by atoms with Crippen molar-refractivity contribution < 1.29 is 18.4 Å². The van der Waals surface area contributed by atoms with E-state index in [2.05, 4.69) is 30.9 Å². The summed E-state index contributed by atoms with van der Waals surface area (Å²) in [4.78, 5) is 5.51. The number of halogens is 1. The van der Waals surface area contributed by atoms with E-state index in [4.69, 9.17) is 14.0 Å². The number of hydrogen-bond donors (Lipinski definition) is 0. The van der Waals surface area contributed by atoms with Crippen LogP contribution in [0.1, 0.15) is 22.8 Å². The van der Waals surface area contributed by atoms with Gasteiger partial charge in [-0.15, -0.1) is 15.3 Å². The first-order chi connectivity index (χ1) is 17.6. The van der Waals surface area contributed by atoms with Gasteiger partial charge in [-0.2, -0.15) is 0 Å². The normalized spacial score (nSPS) is 11.5. The average molecular weight is 485 g/mol. The molecule has 0 unspecified atom stereocenters. The van der Waals surface area contributed by atoms with Gasteiger partial charge < -0.3 is 14.0 Å². The first kappa shape index (κ1) is 22.8. The molecule has 0 aliphatic heterocycles. The number of rotatable bonds is 8. The summed E-state index contributed by atoms with van der Waals surface area (Å²) in [5, 5.41) is 23.9. The second-order valence-electron chi connectivity index (χ2n) is 7.72. The van der Waals surface area contributed by atoms with Crippen LogP contribution in [-0.4, -0.2) is 36.1 Å². The molecule has 36 heavy (non-hydrogen) atoms. The summed E-state index contributed by atoms with van der Waals surface area (Å²) in [6.45, 7) is 1.79. The third-order valence-electron chi connectivity index (χ3n) is 5.17. The van der Waals surface area contributed by atoms with Gasteiger partial charge in [0.15, 0.2) is 23.9 Å². The van der Waals surface area contributed by atoms with Gasteiger partial charge in [-0.3, -0.25) is 0 Å². The van der Waals surface area contributed by atoms with E-state index in [9.17, 15) is 4.39 Å². The molecule has 0 spiro atoms. The Hall–Kier alpha value is -4.93. The lowest BCUT2D eigenvalue weighted by molar-refractivity contribution is 0.111. The van der Waals surface area contributed by atoms with Crippen LogP contribution in [0.2, 0.25) is 0 Å². The van der Waals surface area contributed by atoms with Gasteiger partial charge in [0.05, 0.1) is 0 Å². The minimum atomic E-state index is -0.434. The molecule has 5 aromatic rings. The minimum absolute atomic E-state index is 0.0535. The fraction of sp³-hybridized carbons (Fsp3) is 0.120. The van der Waals surface area contributed by atoms with E-state index in [-0.39, 0.29) is 18.2 Å². The van der Waals surface area contributed by atoms with Crippen molar-refractivity contribution in [1.29, 1.82) is 0 Å². The Morgan fingerprint density at radius 1 is 0.972 bits per heavy atom. The highest BCUT2D eigenvalue weighted by molar-refractivity contribution is 6.10. The molecule has 0 saturated carbocycles. The van der Waals surface area contributed by atoms with Crippen LogP contribution in [-0.2, 0) is 18.5 Å². The van der Waals surface area contributed by atoms with Gasteiger partial charge in [0.1, 0.15) is 5.75 Å². The number of tetrazole rings is 1. The standard InChI is InChI=1S/C25H20FN7O3/c1-16-14-18(12-13-20(16)35-21-11-7-6-10-19(21)26)25-29-27-22(36-25)15-34-30-23(17-8-4-3-5-9-17)24-28-31-32-33(24)2/h3-14H,15H2,1-2H3/b30-23-. The second kappa shape index (κ2) is 10.1. The minimum Gasteiger partial charge on any atom is -0.454 e. The van der Waals surface area contributed by atoms with Crippen LogP contribution < -0.4 is 4.74 Å². The molecule has 0 bridgehead atoms. The molecule has 2 heterocycles. The van der Waals surface area contributed by atoms with Crippen molar-refractivity contribution in [2.75, 3.05) is 0 Å². The molecule has 0 aliphatic carbocycles. The SMILES string of the molecule is Cc1cc(-c2nnc(CO/N=C(/c3ccccc3)c3nnnn3C)o2)ccc1Oc1ccccc1F. The van der Waals surface area contributed by atoms with E-state index in [0.29, 0.717) is 28.7 Å². The highest BCUT2D eigenvalue weighted by Crippen LogP contribution is 2.30. The largest absolute Gasteiger partial charge is 0.454 e. The van der Waals surface area contributed by atoms with Crippen LogP contribution >= 0.6 is 0 Å². The number of aryl methyl sites for hydroxylation is 2. The number of hydrogen-bond acceptors (Lipinski definition) is 9. The van der Waals surface area contributed by atoms with Crippen molar-refractivity contribution in [2.24, 2.45) is 12.2 Å². The molecule has 0 aliphatic rings. The van der Waals surface area contributed by atoms with Gasteiger partial charge in [0.25, 0.3) is 5.89 Å². The van der Waals surface area contributed by atoms with E-state index in [1.54, 1.807) is 37.4 Å². The Morgan fingerprint density at radius 3 is 2.53 bits per heavy atom. The quantitative estimate of drug-likeness (QED) is 0.234. The predicted octanol–water partition coefficient (Wildman–Crippen LogP) is 4.47. The van der Waals surface area contributed by atoms with Gasteiger partial charge in [-0.25, -0.2) is 9.07 Å². The van der Waals surface area contributed by atoms with Gasteiger partial charge in [0.2, 0.25) is 11.7 Å². The maximum absolute atomic E-state index is 13.9. The summed E-state index contributed by atoms with van der Waals surface area (Å²) in [5.41, 5.74) is 2.71. The monoisotopic (exact) mass is 485 g/mol. The molecule has 11 heteroatoms. The zero-order valence-corrected chi connectivity index (χ0v) is 19.4. The number of oxime groups is 1. The molecule has 0 fully saturated rings. The third kappa shape index (κ3) is 4.94. The van der Waals surface area contributed by atoms with Gasteiger partial charge in [0, 0.05) is 18.2 Å². The summed E-state index contributed by atoms with van der Waals surface area (Å²) in [6.07, 6.45) is 0. The molecule has 0 radical (unpaired) electrons. The van der Waals surface area contributed by atoms with E-state index in [0.717, 1.165) is 11.1 Å². The van der Waals surface area contributed by atoms with Crippen LogP contribution in [0.3, 0.4) is 0 Å². The van der Waals surface area contributed by atoms with Crippen molar-refractivity contribution in [2.45, 2.75) is 13.5 Å². The fourth-order valence-corrected chi connectivity index (χ4v) is 3.37. The fourth-order valence-electron chi connectivity index (χ4n) is 3.37. The zero-order chi connectivity index (χ0) is 24.9. The summed E-state index contributed by atoms with van der Waals surface area (Å²) in [5.74, 6) is 1.23. The van der Waals surface area contributed by atoms with Crippen molar-refractivity contribution in [1.82, 2.24) is 30.4 Å². The topological polar surface area (TPSA) is 113 Å². The molecular formula is C25H20FN7O3. The van der Waals surface area contributed by atoms with Crippen molar-refractivity contribution in [3.8, 4) is 23.0 Å². The lowest BCUT2D eigenvalue weighted by Crippen LogP contribution is -2.12. The van der Waals surface area contributed by atoms with E-state index in [1.165, 1.54) is 10.7 Å². The van der Waals surface area contributed by atoms with Gasteiger partial charge >= 0.3 is 0 Å². The number of benzene rings is 3. The number of ether oxygens (including phenoxy) is 1. The van der Waals surface area contributed by atoms with Crippen LogP contribution in [0.15, 0.2) is 82.4 Å². The number of aromatic nitrogens is 6. The van der Waals surface area contributed by atoms with E-state index < -0.39 is 5.82 Å². The second-order valence-corrected chi connectivity index (χ2v) is 7.72. The molecule has 0 atom stereocenters. The van der Waals surface area contributed by atoms with Crippen molar-refractivity contribution in [3.05, 3.63) is 101 Å². The molecule has 0 amide bonds. The summed E-state index contributed by atoms with van der Waals surface area (Å²) < 4.78 is 26.8. The maximum atomic E-state index is 13.9. The predicted molar refractivity (Wildman–Crippen MR) is 127 cm³/mol.